The number of imidazole rings is 1. The van der Waals surface area contributed by atoms with Crippen LogP contribution in [0.3, 0.4) is 0 Å². The fourth-order valence-electron chi connectivity index (χ4n) is 1.35. The molecule has 2 aromatic rings. The molecule has 1 heterocycles. The molecule has 0 aliphatic rings. The van der Waals surface area contributed by atoms with Gasteiger partial charge in [-0.05, 0) is 40.3 Å². The van der Waals surface area contributed by atoms with Gasteiger partial charge in [0, 0.05) is 10.1 Å². The van der Waals surface area contributed by atoms with Crippen LogP contribution in [-0.4, -0.2) is 15.8 Å². The van der Waals surface area contributed by atoms with Crippen LogP contribution in [0.4, 0.5) is 0 Å². The van der Waals surface area contributed by atoms with Crippen LogP contribution in [0, 0.1) is 3.57 Å². The lowest BCUT2D eigenvalue weighted by Gasteiger charge is -2.04. The Labute approximate surface area is 101 Å². The van der Waals surface area contributed by atoms with Crippen molar-refractivity contribution < 1.29 is 4.79 Å². The summed E-state index contributed by atoms with van der Waals surface area (Å²) in [4.78, 5) is 14.6. The Balaban J connectivity index is 2.21. The van der Waals surface area contributed by atoms with Crippen LogP contribution in [-0.2, 0) is 6.54 Å². The van der Waals surface area contributed by atoms with Crippen molar-refractivity contribution in [2.24, 2.45) is 0 Å². The monoisotopic (exact) mass is 312 g/mol. The Kier molecular flexibility index (Phi) is 3.15. The van der Waals surface area contributed by atoms with Crippen LogP contribution in [0.1, 0.15) is 16.1 Å². The van der Waals surface area contributed by atoms with E-state index in [1.165, 1.54) is 3.57 Å². The highest BCUT2D eigenvalue weighted by Crippen LogP contribution is 2.09. The van der Waals surface area contributed by atoms with E-state index in [9.17, 15) is 4.79 Å². The highest BCUT2D eigenvalue weighted by molar-refractivity contribution is 14.1. The first-order valence-electron chi connectivity index (χ1n) is 4.49. The maximum Gasteiger partial charge on any atom is 0.168 e. The van der Waals surface area contributed by atoms with Gasteiger partial charge in [-0.25, -0.2) is 4.98 Å². The molecule has 4 heteroatoms. The Morgan fingerprint density at radius 1 is 1.33 bits per heavy atom. The highest BCUT2D eigenvalue weighted by atomic mass is 127. The summed E-state index contributed by atoms with van der Waals surface area (Å²) in [6.07, 6.45) is 4.06. The molecule has 0 atom stereocenters. The van der Waals surface area contributed by atoms with Gasteiger partial charge in [-0.15, -0.1) is 0 Å². The molecule has 0 unspecified atom stereocenters. The average Bonchev–Trinajstić information content (AvgIpc) is 2.69. The largest absolute Gasteiger partial charge is 0.324 e. The van der Waals surface area contributed by atoms with Gasteiger partial charge in [0.05, 0.1) is 12.5 Å². The van der Waals surface area contributed by atoms with Crippen molar-refractivity contribution >= 4 is 28.9 Å². The predicted molar refractivity (Wildman–Crippen MR) is 65.9 cm³/mol. The van der Waals surface area contributed by atoms with Crippen LogP contribution in [0.2, 0.25) is 0 Å². The van der Waals surface area contributed by atoms with Gasteiger partial charge in [0.2, 0.25) is 0 Å². The molecule has 0 spiro atoms. The molecule has 15 heavy (non-hydrogen) atoms. The number of hydrogen-bond acceptors (Lipinski definition) is 2. The van der Waals surface area contributed by atoms with E-state index in [-0.39, 0.29) is 0 Å². The first-order chi connectivity index (χ1) is 7.29. The normalized spacial score (nSPS) is 10.2. The van der Waals surface area contributed by atoms with Gasteiger partial charge in [0.25, 0.3) is 0 Å². The number of carbonyl (C=O) groups excluding carboxylic acids is 1. The first-order valence-corrected chi connectivity index (χ1v) is 5.57. The molecule has 0 fully saturated rings. The summed E-state index contributed by atoms with van der Waals surface area (Å²) in [6, 6.07) is 8.20. The van der Waals surface area contributed by atoms with Crippen molar-refractivity contribution in [2.75, 3.05) is 0 Å². The molecule has 2 rings (SSSR count). The van der Waals surface area contributed by atoms with E-state index < -0.39 is 0 Å². The summed E-state index contributed by atoms with van der Waals surface area (Å²) in [5.74, 6) is 0. The molecule has 0 saturated carbocycles. The molecule has 76 valence electrons. The summed E-state index contributed by atoms with van der Waals surface area (Å²) in [6.45, 7) is 0.686. The number of carbonyl (C=O) groups is 1. The highest BCUT2D eigenvalue weighted by Gasteiger charge is 2.00. The molecule has 1 aromatic heterocycles. The molecule has 0 aliphatic carbocycles. The first kappa shape index (κ1) is 10.4. The third kappa shape index (κ3) is 2.44. The predicted octanol–water partition coefficient (Wildman–Crippen LogP) is 2.35. The third-order valence-electron chi connectivity index (χ3n) is 2.13. The second-order valence-corrected chi connectivity index (χ2v) is 4.44. The summed E-state index contributed by atoms with van der Waals surface area (Å²) in [5.41, 5.74) is 1.77. The average molecular weight is 312 g/mol. The second-order valence-electron chi connectivity index (χ2n) is 3.19. The van der Waals surface area contributed by atoms with Gasteiger partial charge in [-0.2, -0.15) is 0 Å². The van der Waals surface area contributed by atoms with Crippen LogP contribution in [0.25, 0.3) is 0 Å². The Morgan fingerprint density at radius 2 is 2.07 bits per heavy atom. The van der Waals surface area contributed by atoms with Crippen molar-refractivity contribution in [3.63, 3.8) is 0 Å². The van der Waals surface area contributed by atoms with Gasteiger partial charge in [-0.1, -0.05) is 12.1 Å². The van der Waals surface area contributed by atoms with Crippen molar-refractivity contribution in [3.05, 3.63) is 51.6 Å². The van der Waals surface area contributed by atoms with E-state index in [1.807, 2.05) is 16.7 Å². The van der Waals surface area contributed by atoms with Gasteiger partial charge in [0.15, 0.2) is 6.29 Å². The molecule has 0 N–H and O–H groups in total. The Bertz CT molecular complexity index is 462. The molecule has 0 amide bonds. The molecular formula is C11H9IN2O. The van der Waals surface area contributed by atoms with E-state index in [0.717, 1.165) is 11.8 Å². The third-order valence-corrected chi connectivity index (χ3v) is 2.85. The maximum atomic E-state index is 10.7. The maximum absolute atomic E-state index is 10.7. The fourth-order valence-corrected chi connectivity index (χ4v) is 1.71. The summed E-state index contributed by atoms with van der Waals surface area (Å²) in [5, 5.41) is 0. The van der Waals surface area contributed by atoms with E-state index in [0.29, 0.717) is 12.2 Å². The summed E-state index contributed by atoms with van der Waals surface area (Å²) >= 11 is 2.27. The molecule has 1 aromatic carbocycles. The molecular weight excluding hydrogens is 303 g/mol. The quantitative estimate of drug-likeness (QED) is 0.644. The van der Waals surface area contributed by atoms with Crippen LogP contribution in [0.5, 0.6) is 0 Å². The van der Waals surface area contributed by atoms with Gasteiger partial charge in [0.1, 0.15) is 5.69 Å². The van der Waals surface area contributed by atoms with Crippen LogP contribution >= 0.6 is 22.6 Å². The van der Waals surface area contributed by atoms with E-state index >= 15 is 0 Å². The van der Waals surface area contributed by atoms with Crippen LogP contribution < -0.4 is 0 Å². The number of benzene rings is 1. The number of halogens is 1. The summed E-state index contributed by atoms with van der Waals surface area (Å²) in [7, 11) is 0. The fraction of sp³-hybridized carbons (Fsp3) is 0.0909. The Hall–Kier alpha value is -1.17. The summed E-state index contributed by atoms with van der Waals surface area (Å²) < 4.78 is 3.03. The second kappa shape index (κ2) is 4.57. The van der Waals surface area contributed by atoms with Gasteiger partial charge in [-0.3, -0.25) is 4.79 Å². The lowest BCUT2D eigenvalue weighted by Crippen LogP contribution is -2.02. The zero-order chi connectivity index (χ0) is 10.7. The van der Waals surface area contributed by atoms with Gasteiger partial charge < -0.3 is 4.57 Å². The van der Waals surface area contributed by atoms with Crippen LogP contribution in [0.15, 0.2) is 36.8 Å². The standard InChI is InChI=1S/C11H9IN2O/c12-10-3-1-9(2-4-10)6-14-8-13-5-11(14)7-15/h1-5,7-8H,6H2. The molecule has 0 radical (unpaired) electrons. The topological polar surface area (TPSA) is 34.9 Å². The molecule has 3 nitrogen and oxygen atoms in total. The van der Waals surface area contributed by atoms with E-state index in [4.69, 9.17) is 0 Å². The lowest BCUT2D eigenvalue weighted by molar-refractivity contribution is 0.111. The minimum absolute atomic E-state index is 0.605. The number of aromatic nitrogens is 2. The number of hydrogen-bond donors (Lipinski definition) is 0. The smallest absolute Gasteiger partial charge is 0.168 e. The van der Waals surface area contributed by atoms with Crippen molar-refractivity contribution in [1.29, 1.82) is 0 Å². The zero-order valence-corrected chi connectivity index (χ0v) is 10.1. The zero-order valence-electron chi connectivity index (χ0n) is 7.93. The minimum Gasteiger partial charge on any atom is -0.324 e. The van der Waals surface area contributed by atoms with E-state index in [1.54, 1.807) is 12.5 Å². The molecule has 0 aliphatic heterocycles. The number of aldehydes is 1. The van der Waals surface area contributed by atoms with Gasteiger partial charge >= 0.3 is 0 Å². The SMILES string of the molecule is O=Cc1cncn1Cc1ccc(I)cc1. The molecule has 0 saturated heterocycles. The van der Waals surface area contributed by atoms with Crippen molar-refractivity contribution in [2.45, 2.75) is 6.54 Å². The molecule has 0 bridgehead atoms. The minimum atomic E-state index is 0.605. The van der Waals surface area contributed by atoms with Crippen molar-refractivity contribution in [3.8, 4) is 0 Å². The Morgan fingerprint density at radius 3 is 2.73 bits per heavy atom. The van der Waals surface area contributed by atoms with E-state index in [2.05, 4.69) is 39.7 Å². The number of nitrogens with zero attached hydrogens (tertiary/aromatic N) is 2. The van der Waals surface area contributed by atoms with Crippen molar-refractivity contribution in [1.82, 2.24) is 9.55 Å². The number of rotatable bonds is 3. The lowest BCUT2D eigenvalue weighted by atomic mass is 10.2.